The Bertz CT molecular complexity index is 520. The Morgan fingerprint density at radius 1 is 1.37 bits per heavy atom. The van der Waals surface area contributed by atoms with Gasteiger partial charge in [-0.15, -0.1) is 0 Å². The molecule has 0 fully saturated rings. The van der Waals surface area contributed by atoms with Crippen LogP contribution in [0.2, 0.25) is 0 Å². The molecule has 1 heterocycles. The minimum Gasteiger partial charge on any atom is -0.333 e. The zero-order valence-electron chi connectivity index (χ0n) is 10.6. The number of nitrogens with zero attached hydrogens (tertiary/aromatic N) is 3. The third-order valence-electron chi connectivity index (χ3n) is 2.93. The molecule has 1 aliphatic rings. The predicted octanol–water partition coefficient (Wildman–Crippen LogP) is 3.41. The van der Waals surface area contributed by atoms with Crippen molar-refractivity contribution in [1.29, 1.82) is 0 Å². The number of rotatable bonds is 2. The monoisotopic (exact) mass is 269 g/mol. The van der Waals surface area contributed by atoms with E-state index in [-0.39, 0.29) is 5.82 Å². The Morgan fingerprint density at radius 3 is 2.74 bits per heavy atom. The maximum Gasteiger partial charge on any atom is 0.451 e. The van der Waals surface area contributed by atoms with Crippen molar-refractivity contribution in [1.82, 2.24) is 9.97 Å². The Morgan fingerprint density at radius 2 is 2.11 bits per heavy atom. The average molecular weight is 269 g/mol. The van der Waals surface area contributed by atoms with Crippen LogP contribution in [0.15, 0.2) is 36.2 Å². The van der Waals surface area contributed by atoms with Crippen molar-refractivity contribution in [2.75, 3.05) is 11.9 Å². The van der Waals surface area contributed by atoms with Gasteiger partial charge in [0, 0.05) is 18.9 Å². The summed E-state index contributed by atoms with van der Waals surface area (Å²) in [6, 6.07) is 1.47. The molecule has 1 atom stereocenters. The van der Waals surface area contributed by atoms with E-state index in [0.29, 0.717) is 5.92 Å². The first-order chi connectivity index (χ1) is 8.88. The van der Waals surface area contributed by atoms with E-state index in [1.54, 1.807) is 11.9 Å². The van der Waals surface area contributed by atoms with Crippen LogP contribution in [0.4, 0.5) is 19.0 Å². The molecular weight excluding hydrogens is 255 g/mol. The highest BCUT2D eigenvalue weighted by Crippen LogP contribution is 2.29. The van der Waals surface area contributed by atoms with Crippen LogP contribution in [-0.2, 0) is 6.18 Å². The van der Waals surface area contributed by atoms with Crippen LogP contribution in [0.1, 0.15) is 19.2 Å². The van der Waals surface area contributed by atoms with E-state index in [1.165, 1.54) is 6.07 Å². The average Bonchev–Trinajstić information content (AvgIpc) is 2.37. The standard InChI is InChI=1S/C13H14F3N3/c1-9-4-3-5-10(8-9)19(2)11-6-7-17-12(18-11)13(14,15)16/h3-7,9H,8H2,1-2H3. The van der Waals surface area contributed by atoms with Crippen molar-refractivity contribution in [2.24, 2.45) is 5.92 Å². The Labute approximate surface area is 109 Å². The maximum absolute atomic E-state index is 12.6. The Kier molecular flexibility index (Phi) is 3.59. The van der Waals surface area contributed by atoms with E-state index in [1.807, 2.05) is 12.2 Å². The van der Waals surface area contributed by atoms with Crippen LogP contribution in [0.3, 0.4) is 0 Å². The zero-order valence-corrected chi connectivity index (χ0v) is 10.6. The molecule has 0 aliphatic heterocycles. The molecular formula is C13H14F3N3. The van der Waals surface area contributed by atoms with E-state index in [9.17, 15) is 13.2 Å². The lowest BCUT2D eigenvalue weighted by atomic mass is 10.00. The third kappa shape index (κ3) is 3.13. The van der Waals surface area contributed by atoms with E-state index in [2.05, 4.69) is 23.0 Å². The van der Waals surface area contributed by atoms with Gasteiger partial charge < -0.3 is 4.90 Å². The highest BCUT2D eigenvalue weighted by Gasteiger charge is 2.35. The highest BCUT2D eigenvalue weighted by atomic mass is 19.4. The van der Waals surface area contributed by atoms with Gasteiger partial charge in [-0.3, -0.25) is 0 Å². The summed E-state index contributed by atoms with van der Waals surface area (Å²) in [6.45, 7) is 2.05. The van der Waals surface area contributed by atoms with E-state index < -0.39 is 12.0 Å². The number of allylic oxidation sites excluding steroid dienone is 4. The molecule has 102 valence electrons. The molecule has 0 aromatic carbocycles. The third-order valence-corrected chi connectivity index (χ3v) is 2.93. The molecule has 0 N–H and O–H groups in total. The predicted molar refractivity (Wildman–Crippen MR) is 66.4 cm³/mol. The largest absolute Gasteiger partial charge is 0.451 e. The van der Waals surface area contributed by atoms with Gasteiger partial charge in [-0.1, -0.05) is 19.1 Å². The normalized spacial score (nSPS) is 19.2. The van der Waals surface area contributed by atoms with Gasteiger partial charge in [0.1, 0.15) is 5.82 Å². The minimum atomic E-state index is -4.52. The lowest BCUT2D eigenvalue weighted by Crippen LogP contribution is -2.22. The fraction of sp³-hybridized carbons (Fsp3) is 0.385. The summed E-state index contributed by atoms with van der Waals surface area (Å²) in [5.74, 6) is -0.501. The molecule has 3 nitrogen and oxygen atoms in total. The molecule has 0 saturated carbocycles. The van der Waals surface area contributed by atoms with Crippen molar-refractivity contribution >= 4 is 5.82 Å². The van der Waals surface area contributed by atoms with Crippen molar-refractivity contribution < 1.29 is 13.2 Å². The second kappa shape index (κ2) is 5.03. The zero-order chi connectivity index (χ0) is 14.0. The summed E-state index contributed by atoms with van der Waals surface area (Å²) in [4.78, 5) is 8.49. The summed E-state index contributed by atoms with van der Waals surface area (Å²) in [7, 11) is 1.71. The van der Waals surface area contributed by atoms with Crippen LogP contribution < -0.4 is 4.90 Å². The van der Waals surface area contributed by atoms with Crippen LogP contribution in [0.5, 0.6) is 0 Å². The van der Waals surface area contributed by atoms with Gasteiger partial charge >= 0.3 is 6.18 Å². The summed E-state index contributed by atoms with van der Waals surface area (Å²) < 4.78 is 37.7. The minimum absolute atomic E-state index is 0.246. The van der Waals surface area contributed by atoms with Gasteiger partial charge in [0.2, 0.25) is 5.82 Å². The van der Waals surface area contributed by atoms with Crippen LogP contribution in [0.25, 0.3) is 0 Å². The quantitative estimate of drug-likeness (QED) is 0.823. The molecule has 2 rings (SSSR count). The number of anilines is 1. The van der Waals surface area contributed by atoms with Gasteiger partial charge in [-0.05, 0) is 24.5 Å². The van der Waals surface area contributed by atoms with E-state index >= 15 is 0 Å². The SMILES string of the molecule is CC1C=CC=C(N(C)c2ccnc(C(F)(F)F)n2)C1. The van der Waals surface area contributed by atoms with Crippen molar-refractivity contribution in [3.05, 3.63) is 42.0 Å². The molecule has 19 heavy (non-hydrogen) atoms. The van der Waals surface area contributed by atoms with Gasteiger partial charge in [0.15, 0.2) is 0 Å². The molecule has 0 radical (unpaired) electrons. The smallest absolute Gasteiger partial charge is 0.333 e. The first-order valence-electron chi connectivity index (χ1n) is 5.89. The lowest BCUT2D eigenvalue weighted by Gasteiger charge is -2.25. The van der Waals surface area contributed by atoms with Crippen molar-refractivity contribution in [3.63, 3.8) is 0 Å². The molecule has 1 aliphatic carbocycles. The lowest BCUT2D eigenvalue weighted by molar-refractivity contribution is -0.144. The van der Waals surface area contributed by atoms with E-state index in [4.69, 9.17) is 0 Å². The molecule has 6 heteroatoms. The van der Waals surface area contributed by atoms with E-state index in [0.717, 1.165) is 18.3 Å². The van der Waals surface area contributed by atoms with Crippen LogP contribution >= 0.6 is 0 Å². The number of hydrogen-bond acceptors (Lipinski definition) is 3. The molecule has 1 aromatic rings. The van der Waals surface area contributed by atoms with Crippen LogP contribution in [-0.4, -0.2) is 17.0 Å². The summed E-state index contributed by atoms with van der Waals surface area (Å²) in [6.07, 6.45) is 3.23. The molecule has 0 bridgehead atoms. The maximum atomic E-state index is 12.6. The fourth-order valence-electron chi connectivity index (χ4n) is 1.89. The topological polar surface area (TPSA) is 29.0 Å². The van der Waals surface area contributed by atoms with Gasteiger partial charge in [0.05, 0.1) is 0 Å². The molecule has 1 aromatic heterocycles. The first kappa shape index (κ1) is 13.6. The first-order valence-corrected chi connectivity index (χ1v) is 5.89. The van der Waals surface area contributed by atoms with Crippen LogP contribution in [0, 0.1) is 5.92 Å². The van der Waals surface area contributed by atoms with Gasteiger partial charge in [-0.2, -0.15) is 13.2 Å². The number of alkyl halides is 3. The molecule has 0 amide bonds. The number of hydrogen-bond donors (Lipinski definition) is 0. The fourth-order valence-corrected chi connectivity index (χ4v) is 1.89. The molecule has 1 unspecified atom stereocenters. The van der Waals surface area contributed by atoms with Crippen molar-refractivity contribution in [3.8, 4) is 0 Å². The molecule has 0 saturated heterocycles. The number of halogens is 3. The highest BCUT2D eigenvalue weighted by molar-refractivity contribution is 5.46. The summed E-state index contributed by atoms with van der Waals surface area (Å²) in [5, 5.41) is 0. The molecule has 0 spiro atoms. The Balaban J connectivity index is 2.27. The number of aromatic nitrogens is 2. The van der Waals surface area contributed by atoms with Gasteiger partial charge in [0.25, 0.3) is 0 Å². The Hall–Kier alpha value is -1.85. The van der Waals surface area contributed by atoms with Gasteiger partial charge in [-0.25, -0.2) is 9.97 Å². The summed E-state index contributed by atoms with van der Waals surface area (Å²) >= 11 is 0. The van der Waals surface area contributed by atoms with Crippen molar-refractivity contribution in [2.45, 2.75) is 19.5 Å². The second-order valence-electron chi connectivity index (χ2n) is 4.52. The summed E-state index contributed by atoms with van der Waals surface area (Å²) in [5.41, 5.74) is 0.932. The second-order valence-corrected chi connectivity index (χ2v) is 4.52.